The number of hydrazine groups is 1. The van der Waals surface area contributed by atoms with E-state index in [1.807, 2.05) is 30.3 Å². The number of nitrogens with one attached hydrogen (secondary N) is 1. The summed E-state index contributed by atoms with van der Waals surface area (Å²) in [7, 11) is 0. The van der Waals surface area contributed by atoms with Crippen molar-refractivity contribution in [3.05, 3.63) is 35.9 Å². The topological polar surface area (TPSA) is 54.2 Å². The number of aromatic nitrogens is 1. The normalized spacial score (nSPS) is 16.2. The van der Waals surface area contributed by atoms with Gasteiger partial charge in [0.25, 0.3) is 0 Å². The van der Waals surface area contributed by atoms with Gasteiger partial charge in [0.1, 0.15) is 4.99 Å². The molecule has 4 nitrogen and oxygen atoms in total. The highest BCUT2D eigenvalue weighted by Gasteiger charge is 2.14. The van der Waals surface area contributed by atoms with E-state index in [0.29, 0.717) is 4.99 Å². The molecule has 1 aliphatic heterocycles. The summed E-state index contributed by atoms with van der Waals surface area (Å²) in [5.74, 6) is 0.762. The number of piperidine rings is 1. The predicted octanol–water partition coefficient (Wildman–Crippen LogP) is 2.68. The molecule has 20 heavy (non-hydrogen) atoms. The first-order valence-electron chi connectivity index (χ1n) is 6.95. The van der Waals surface area contributed by atoms with Crippen LogP contribution in [0.15, 0.2) is 30.3 Å². The van der Waals surface area contributed by atoms with Crippen molar-refractivity contribution in [2.24, 2.45) is 5.73 Å². The number of anilines is 1. The summed E-state index contributed by atoms with van der Waals surface area (Å²) in [6.07, 6.45) is 3.72. The highest BCUT2D eigenvalue weighted by molar-refractivity contribution is 7.80. The molecule has 2 heterocycles. The Labute approximate surface area is 123 Å². The molecule has 0 amide bonds. The summed E-state index contributed by atoms with van der Waals surface area (Å²) in [4.78, 5) is 5.05. The van der Waals surface area contributed by atoms with Gasteiger partial charge in [-0.05, 0) is 25.0 Å². The van der Waals surface area contributed by atoms with Gasteiger partial charge in [0.2, 0.25) is 0 Å². The number of hydrogen-bond donors (Lipinski definition) is 2. The van der Waals surface area contributed by atoms with Gasteiger partial charge in [0.05, 0.1) is 11.1 Å². The van der Waals surface area contributed by atoms with E-state index in [2.05, 4.69) is 15.4 Å². The molecule has 3 N–H and O–H groups in total. The van der Waals surface area contributed by atoms with E-state index in [9.17, 15) is 0 Å². The molecule has 1 aliphatic rings. The van der Waals surface area contributed by atoms with Crippen LogP contribution in [-0.2, 0) is 0 Å². The van der Waals surface area contributed by atoms with E-state index >= 15 is 0 Å². The van der Waals surface area contributed by atoms with Crippen LogP contribution in [0.3, 0.4) is 0 Å². The Bertz CT molecular complexity index is 635. The summed E-state index contributed by atoms with van der Waals surface area (Å²) in [6, 6.07) is 10.0. The minimum absolute atomic E-state index is 0.378. The third kappa shape index (κ3) is 2.73. The molecule has 0 spiro atoms. The van der Waals surface area contributed by atoms with Crippen molar-refractivity contribution in [2.75, 3.05) is 18.5 Å². The molecule has 1 saturated heterocycles. The van der Waals surface area contributed by atoms with Crippen molar-refractivity contribution < 1.29 is 0 Å². The highest BCUT2D eigenvalue weighted by atomic mass is 32.1. The van der Waals surface area contributed by atoms with Gasteiger partial charge in [-0.15, -0.1) is 0 Å². The molecule has 0 unspecified atom stereocenters. The van der Waals surface area contributed by atoms with Crippen LogP contribution in [0.1, 0.15) is 24.8 Å². The summed E-state index contributed by atoms with van der Waals surface area (Å²) in [5.41, 5.74) is 11.0. The lowest BCUT2D eigenvalue weighted by Gasteiger charge is -2.28. The van der Waals surface area contributed by atoms with E-state index in [4.69, 9.17) is 18.0 Å². The second-order valence-electron chi connectivity index (χ2n) is 5.10. The molecule has 5 heteroatoms. The quantitative estimate of drug-likeness (QED) is 0.850. The number of pyridine rings is 1. The Morgan fingerprint density at radius 2 is 1.95 bits per heavy atom. The van der Waals surface area contributed by atoms with Gasteiger partial charge in [0.15, 0.2) is 5.82 Å². The molecule has 1 fully saturated rings. The van der Waals surface area contributed by atoms with Crippen LogP contribution < -0.4 is 11.2 Å². The zero-order chi connectivity index (χ0) is 13.9. The summed E-state index contributed by atoms with van der Waals surface area (Å²) in [5, 5.41) is 3.25. The van der Waals surface area contributed by atoms with Gasteiger partial charge >= 0.3 is 0 Å². The van der Waals surface area contributed by atoms with Gasteiger partial charge in [-0.25, -0.2) is 9.99 Å². The maximum absolute atomic E-state index is 5.84. The number of nitrogens with zero attached hydrogens (tertiary/aromatic N) is 2. The van der Waals surface area contributed by atoms with Crippen molar-refractivity contribution in [1.29, 1.82) is 0 Å². The van der Waals surface area contributed by atoms with Crippen LogP contribution in [-0.4, -0.2) is 28.1 Å². The molecule has 0 radical (unpaired) electrons. The fraction of sp³-hybridized carbons (Fsp3) is 0.333. The van der Waals surface area contributed by atoms with Crippen molar-refractivity contribution >= 4 is 33.9 Å². The van der Waals surface area contributed by atoms with Gasteiger partial charge in [-0.1, -0.05) is 36.8 Å². The van der Waals surface area contributed by atoms with Crippen molar-refractivity contribution in [2.45, 2.75) is 19.3 Å². The largest absolute Gasteiger partial charge is 0.389 e. The molecule has 1 aromatic carbocycles. The lowest BCUT2D eigenvalue weighted by atomic mass is 10.1. The van der Waals surface area contributed by atoms with Gasteiger partial charge in [0, 0.05) is 18.5 Å². The lowest BCUT2D eigenvalue weighted by molar-refractivity contribution is 0.272. The Morgan fingerprint density at radius 1 is 1.20 bits per heavy atom. The molecule has 3 rings (SSSR count). The molecule has 104 valence electrons. The van der Waals surface area contributed by atoms with Crippen LogP contribution in [0.25, 0.3) is 10.9 Å². The standard InChI is InChI=1S/C15H18N4S/c16-14(20)12-10-11-6-2-3-7-13(11)17-15(12)18-19-8-4-1-5-9-19/h2-3,6-7,10H,1,4-5,8-9H2,(H2,16,20)(H,17,18). The molecular weight excluding hydrogens is 268 g/mol. The summed E-state index contributed by atoms with van der Waals surface area (Å²) < 4.78 is 0. The molecule has 0 aliphatic carbocycles. The summed E-state index contributed by atoms with van der Waals surface area (Å²) >= 11 is 5.16. The minimum Gasteiger partial charge on any atom is -0.389 e. The average Bonchev–Trinajstić information content (AvgIpc) is 2.47. The zero-order valence-electron chi connectivity index (χ0n) is 11.3. The first-order valence-corrected chi connectivity index (χ1v) is 7.36. The molecule has 0 saturated carbocycles. The number of fused-ring (bicyclic) bond motifs is 1. The van der Waals surface area contributed by atoms with Crippen molar-refractivity contribution in [1.82, 2.24) is 9.99 Å². The second-order valence-corrected chi connectivity index (χ2v) is 5.54. The van der Waals surface area contributed by atoms with Crippen LogP contribution >= 0.6 is 12.2 Å². The van der Waals surface area contributed by atoms with E-state index in [1.165, 1.54) is 19.3 Å². The Balaban J connectivity index is 1.98. The van der Waals surface area contributed by atoms with Crippen LogP contribution in [0.4, 0.5) is 5.82 Å². The van der Waals surface area contributed by atoms with E-state index in [-0.39, 0.29) is 0 Å². The third-order valence-electron chi connectivity index (χ3n) is 3.61. The van der Waals surface area contributed by atoms with Crippen molar-refractivity contribution in [3.8, 4) is 0 Å². The van der Waals surface area contributed by atoms with Gasteiger partial charge < -0.3 is 11.2 Å². The van der Waals surface area contributed by atoms with E-state index in [1.54, 1.807) is 0 Å². The fourth-order valence-corrected chi connectivity index (χ4v) is 2.70. The van der Waals surface area contributed by atoms with E-state index in [0.717, 1.165) is 35.4 Å². The predicted molar refractivity (Wildman–Crippen MR) is 86.7 cm³/mol. The molecule has 0 atom stereocenters. The first kappa shape index (κ1) is 13.3. The van der Waals surface area contributed by atoms with Gasteiger partial charge in [-0.2, -0.15) is 0 Å². The number of para-hydroxylation sites is 1. The summed E-state index contributed by atoms with van der Waals surface area (Å²) in [6.45, 7) is 2.07. The van der Waals surface area contributed by atoms with Crippen LogP contribution in [0, 0.1) is 0 Å². The van der Waals surface area contributed by atoms with Crippen LogP contribution in [0.2, 0.25) is 0 Å². The monoisotopic (exact) mass is 286 g/mol. The zero-order valence-corrected chi connectivity index (χ0v) is 12.1. The van der Waals surface area contributed by atoms with E-state index < -0.39 is 0 Å². The maximum atomic E-state index is 5.84. The van der Waals surface area contributed by atoms with Crippen molar-refractivity contribution in [3.63, 3.8) is 0 Å². The third-order valence-corrected chi connectivity index (χ3v) is 3.83. The molecule has 2 aromatic rings. The number of nitrogens with two attached hydrogens (primary N) is 1. The fourth-order valence-electron chi connectivity index (χ4n) is 2.54. The van der Waals surface area contributed by atoms with Crippen LogP contribution in [0.5, 0.6) is 0 Å². The average molecular weight is 286 g/mol. The number of benzene rings is 1. The second kappa shape index (κ2) is 5.73. The molecule has 1 aromatic heterocycles. The smallest absolute Gasteiger partial charge is 0.151 e. The Hall–Kier alpha value is -1.72. The maximum Gasteiger partial charge on any atom is 0.151 e. The molecular formula is C15H18N4S. The Morgan fingerprint density at radius 3 is 2.70 bits per heavy atom. The number of rotatable bonds is 3. The lowest BCUT2D eigenvalue weighted by Crippen LogP contribution is -2.36. The highest BCUT2D eigenvalue weighted by Crippen LogP contribution is 2.22. The first-order chi connectivity index (χ1) is 9.74. The number of hydrogen-bond acceptors (Lipinski definition) is 4. The molecule has 0 bridgehead atoms. The van der Waals surface area contributed by atoms with Gasteiger partial charge in [-0.3, -0.25) is 0 Å². The number of thiocarbonyl (C=S) groups is 1. The SMILES string of the molecule is NC(=S)c1cc2ccccc2nc1NN1CCCCC1. The Kier molecular flexibility index (Phi) is 3.80. The minimum atomic E-state index is 0.378.